The van der Waals surface area contributed by atoms with Crippen molar-refractivity contribution in [2.75, 3.05) is 31.6 Å². The van der Waals surface area contributed by atoms with Gasteiger partial charge in [-0.15, -0.1) is 0 Å². The van der Waals surface area contributed by atoms with Crippen molar-refractivity contribution in [3.05, 3.63) is 23.4 Å². The topological polar surface area (TPSA) is 19.4 Å². The van der Waals surface area contributed by atoms with Gasteiger partial charge in [0.25, 0.3) is 0 Å². The molecule has 0 saturated carbocycles. The Morgan fingerprint density at radius 3 is 2.53 bits per heavy atom. The van der Waals surface area contributed by atoms with Gasteiger partial charge in [-0.25, -0.2) is 4.98 Å². The van der Waals surface area contributed by atoms with Crippen LogP contribution in [0.2, 0.25) is 0 Å². The van der Waals surface area contributed by atoms with Crippen molar-refractivity contribution in [1.82, 2.24) is 9.88 Å². The lowest BCUT2D eigenvalue weighted by Crippen LogP contribution is -2.30. The van der Waals surface area contributed by atoms with Gasteiger partial charge in [-0.2, -0.15) is 0 Å². The lowest BCUT2D eigenvalue weighted by molar-refractivity contribution is 0.187. The number of piperidine rings is 1. The molecule has 0 N–H and O–H groups in total. The summed E-state index contributed by atoms with van der Waals surface area (Å²) in [6.45, 7) is 5.79. The number of anilines is 1. The van der Waals surface area contributed by atoms with E-state index in [1.165, 1.54) is 68.7 Å². The zero-order valence-corrected chi connectivity index (χ0v) is 12.2. The van der Waals surface area contributed by atoms with Gasteiger partial charge in [0.15, 0.2) is 0 Å². The van der Waals surface area contributed by atoms with Crippen molar-refractivity contribution in [2.45, 2.75) is 45.1 Å². The van der Waals surface area contributed by atoms with E-state index in [0.717, 1.165) is 0 Å². The molecule has 2 aliphatic rings. The normalized spacial score (nSPS) is 24.9. The van der Waals surface area contributed by atoms with Crippen LogP contribution in [0, 0.1) is 6.92 Å². The van der Waals surface area contributed by atoms with E-state index in [1.807, 2.05) is 0 Å². The molecule has 0 unspecified atom stereocenters. The van der Waals surface area contributed by atoms with E-state index in [0.29, 0.717) is 6.04 Å². The van der Waals surface area contributed by atoms with E-state index >= 15 is 0 Å². The molecule has 2 saturated heterocycles. The number of aryl methyl sites for hydroxylation is 1. The molecule has 3 rings (SSSR count). The highest BCUT2D eigenvalue weighted by molar-refractivity contribution is 5.48. The number of pyridine rings is 1. The molecule has 3 heterocycles. The first kappa shape index (κ1) is 12.9. The Morgan fingerprint density at radius 1 is 1.11 bits per heavy atom. The average molecular weight is 259 g/mol. The SMILES string of the molecule is Cc1cc([C@H]2CCCCN2C)cnc1N1CCCC1. The Labute approximate surface area is 116 Å². The Balaban J connectivity index is 1.82. The van der Waals surface area contributed by atoms with Crippen molar-refractivity contribution in [3.63, 3.8) is 0 Å². The van der Waals surface area contributed by atoms with E-state index in [-0.39, 0.29) is 0 Å². The molecule has 0 radical (unpaired) electrons. The van der Waals surface area contributed by atoms with E-state index in [1.54, 1.807) is 0 Å². The lowest BCUT2D eigenvalue weighted by atomic mass is 9.96. The summed E-state index contributed by atoms with van der Waals surface area (Å²) in [5, 5.41) is 0. The predicted octanol–water partition coefficient (Wildman–Crippen LogP) is 3.15. The Hall–Kier alpha value is -1.09. The van der Waals surface area contributed by atoms with Gasteiger partial charge in [0, 0.05) is 25.3 Å². The lowest BCUT2D eigenvalue weighted by Gasteiger charge is -2.33. The molecule has 0 amide bonds. The van der Waals surface area contributed by atoms with Crippen LogP contribution < -0.4 is 4.90 Å². The zero-order valence-electron chi connectivity index (χ0n) is 12.2. The zero-order chi connectivity index (χ0) is 13.2. The highest BCUT2D eigenvalue weighted by atomic mass is 15.2. The molecule has 19 heavy (non-hydrogen) atoms. The van der Waals surface area contributed by atoms with Crippen LogP contribution in [0.1, 0.15) is 49.3 Å². The molecule has 0 spiro atoms. The van der Waals surface area contributed by atoms with Gasteiger partial charge in [-0.1, -0.05) is 6.42 Å². The van der Waals surface area contributed by atoms with Gasteiger partial charge in [-0.05, 0) is 63.4 Å². The number of hydrogen-bond acceptors (Lipinski definition) is 3. The minimum atomic E-state index is 0.576. The van der Waals surface area contributed by atoms with Crippen LogP contribution in [0.3, 0.4) is 0 Å². The standard InChI is InChI=1S/C16H25N3/c1-13-11-14(15-7-3-4-8-18(15)2)12-17-16(13)19-9-5-6-10-19/h11-12,15H,3-10H2,1-2H3/t15-/m1/s1. The van der Waals surface area contributed by atoms with Crippen molar-refractivity contribution in [2.24, 2.45) is 0 Å². The second-order valence-corrected chi connectivity index (χ2v) is 6.10. The summed E-state index contributed by atoms with van der Waals surface area (Å²) in [7, 11) is 2.24. The van der Waals surface area contributed by atoms with Crippen LogP contribution in [-0.2, 0) is 0 Å². The van der Waals surface area contributed by atoms with Crippen LogP contribution in [0.5, 0.6) is 0 Å². The maximum Gasteiger partial charge on any atom is 0.131 e. The first-order chi connectivity index (χ1) is 9.25. The third-order valence-corrected chi connectivity index (χ3v) is 4.63. The number of rotatable bonds is 2. The molecule has 0 aromatic carbocycles. The minimum absolute atomic E-state index is 0.576. The second-order valence-electron chi connectivity index (χ2n) is 6.10. The van der Waals surface area contributed by atoms with Crippen LogP contribution in [0.15, 0.2) is 12.3 Å². The highest BCUT2D eigenvalue weighted by Crippen LogP contribution is 2.31. The van der Waals surface area contributed by atoms with Crippen LogP contribution in [0.4, 0.5) is 5.82 Å². The molecule has 1 aromatic rings. The molecule has 2 aliphatic heterocycles. The van der Waals surface area contributed by atoms with Gasteiger partial charge < -0.3 is 4.90 Å². The van der Waals surface area contributed by atoms with E-state index in [2.05, 4.69) is 36.0 Å². The summed E-state index contributed by atoms with van der Waals surface area (Å²) in [4.78, 5) is 9.68. The molecule has 0 bridgehead atoms. The van der Waals surface area contributed by atoms with Gasteiger partial charge in [0.1, 0.15) is 5.82 Å². The predicted molar refractivity (Wildman–Crippen MR) is 79.6 cm³/mol. The Kier molecular flexibility index (Phi) is 3.74. The third-order valence-electron chi connectivity index (χ3n) is 4.63. The first-order valence-electron chi connectivity index (χ1n) is 7.67. The first-order valence-corrected chi connectivity index (χ1v) is 7.67. The summed E-state index contributed by atoms with van der Waals surface area (Å²) in [6.07, 6.45) is 8.71. The summed E-state index contributed by atoms with van der Waals surface area (Å²) in [5.41, 5.74) is 2.75. The summed E-state index contributed by atoms with van der Waals surface area (Å²) >= 11 is 0. The average Bonchev–Trinajstić information content (AvgIpc) is 2.93. The number of aromatic nitrogens is 1. The second kappa shape index (κ2) is 5.49. The maximum atomic E-state index is 4.77. The molecule has 0 aliphatic carbocycles. The molecule has 3 heteroatoms. The molecule has 104 valence electrons. The van der Waals surface area contributed by atoms with Gasteiger partial charge in [0.05, 0.1) is 0 Å². The molecular weight excluding hydrogens is 234 g/mol. The minimum Gasteiger partial charge on any atom is -0.356 e. The Morgan fingerprint density at radius 2 is 1.84 bits per heavy atom. The fourth-order valence-electron chi connectivity index (χ4n) is 3.53. The highest BCUT2D eigenvalue weighted by Gasteiger charge is 2.22. The number of likely N-dealkylation sites (tertiary alicyclic amines) is 1. The quantitative estimate of drug-likeness (QED) is 0.813. The number of hydrogen-bond donors (Lipinski definition) is 0. The molecule has 2 fully saturated rings. The summed E-state index contributed by atoms with van der Waals surface area (Å²) < 4.78 is 0. The molecule has 1 aromatic heterocycles. The van der Waals surface area contributed by atoms with Crippen LogP contribution in [-0.4, -0.2) is 36.6 Å². The van der Waals surface area contributed by atoms with Crippen LogP contribution >= 0.6 is 0 Å². The van der Waals surface area contributed by atoms with E-state index in [4.69, 9.17) is 4.98 Å². The maximum absolute atomic E-state index is 4.77. The van der Waals surface area contributed by atoms with E-state index in [9.17, 15) is 0 Å². The van der Waals surface area contributed by atoms with Crippen molar-refractivity contribution in [3.8, 4) is 0 Å². The van der Waals surface area contributed by atoms with Crippen molar-refractivity contribution in [1.29, 1.82) is 0 Å². The summed E-state index contributed by atoms with van der Waals surface area (Å²) in [5.74, 6) is 1.21. The van der Waals surface area contributed by atoms with Crippen molar-refractivity contribution < 1.29 is 0 Å². The monoisotopic (exact) mass is 259 g/mol. The van der Waals surface area contributed by atoms with Crippen molar-refractivity contribution >= 4 is 5.82 Å². The smallest absolute Gasteiger partial charge is 0.131 e. The fourth-order valence-corrected chi connectivity index (χ4v) is 3.53. The largest absolute Gasteiger partial charge is 0.356 e. The molecule has 1 atom stereocenters. The number of nitrogens with zero attached hydrogens (tertiary/aromatic N) is 3. The van der Waals surface area contributed by atoms with Gasteiger partial charge in [-0.3, -0.25) is 4.90 Å². The van der Waals surface area contributed by atoms with E-state index < -0.39 is 0 Å². The fraction of sp³-hybridized carbons (Fsp3) is 0.688. The van der Waals surface area contributed by atoms with Crippen LogP contribution in [0.25, 0.3) is 0 Å². The Bertz CT molecular complexity index is 438. The third kappa shape index (κ3) is 2.62. The molecule has 3 nitrogen and oxygen atoms in total. The summed E-state index contributed by atoms with van der Waals surface area (Å²) in [6, 6.07) is 2.94. The van der Waals surface area contributed by atoms with Gasteiger partial charge in [0.2, 0.25) is 0 Å². The molecular formula is C16H25N3. The van der Waals surface area contributed by atoms with Gasteiger partial charge >= 0.3 is 0 Å².